The highest BCUT2D eigenvalue weighted by Crippen LogP contribution is 2.44. The molecule has 0 spiro atoms. The maximum absolute atomic E-state index is 3.94. The van der Waals surface area contributed by atoms with E-state index in [1.165, 1.54) is 47.3 Å². The molecule has 2 heterocycles. The van der Waals surface area contributed by atoms with Gasteiger partial charge in [0, 0.05) is 22.2 Å². The van der Waals surface area contributed by atoms with Crippen molar-refractivity contribution in [3.05, 3.63) is 71.3 Å². The second-order valence-electron chi connectivity index (χ2n) is 8.24. The van der Waals surface area contributed by atoms with Crippen molar-refractivity contribution in [2.45, 2.75) is 68.7 Å². The molecule has 2 aromatic carbocycles. The van der Waals surface area contributed by atoms with Gasteiger partial charge in [-0.2, -0.15) is 0 Å². The predicted octanol–water partition coefficient (Wildman–Crippen LogP) is 6.40. The standard InChI is InChI=1S/C25H31NS/c1-4-5-6-21-22(19-11-7-17(2)8-12-19)15-24-25(16-23(21)26-24)27-20-13-9-18(3)10-14-20/h7-15,21,23-26H,4-6,16H2,1-3H3/t21-,23-,24-,25-/m0/s1. The smallest absolute Gasteiger partial charge is 0.0382 e. The van der Waals surface area contributed by atoms with Gasteiger partial charge in [-0.15, -0.1) is 11.8 Å². The Labute approximate surface area is 168 Å². The molecule has 0 radical (unpaired) electrons. The summed E-state index contributed by atoms with van der Waals surface area (Å²) in [5.41, 5.74) is 5.70. The highest BCUT2D eigenvalue weighted by atomic mass is 32.2. The molecular weight excluding hydrogens is 346 g/mol. The fourth-order valence-electron chi connectivity index (χ4n) is 4.54. The molecule has 1 nitrogen and oxygen atoms in total. The number of unbranched alkanes of at least 4 members (excludes halogenated alkanes) is 1. The van der Waals surface area contributed by atoms with E-state index in [0.717, 1.165) is 0 Å². The van der Waals surface area contributed by atoms with Gasteiger partial charge in [0.15, 0.2) is 0 Å². The SMILES string of the molecule is CCCC[C@H]1C(c2ccc(C)cc2)=C[C@@H]2N[C@H]1C[C@@H]2Sc1ccc(C)cc1. The van der Waals surface area contributed by atoms with Crippen molar-refractivity contribution in [1.82, 2.24) is 5.32 Å². The minimum Gasteiger partial charge on any atom is -0.306 e. The molecule has 0 amide bonds. The van der Waals surface area contributed by atoms with Crippen molar-refractivity contribution in [2.24, 2.45) is 5.92 Å². The molecule has 1 N–H and O–H groups in total. The third-order valence-corrected chi connectivity index (χ3v) is 7.43. The molecule has 2 aromatic rings. The summed E-state index contributed by atoms with van der Waals surface area (Å²) in [7, 11) is 0. The summed E-state index contributed by atoms with van der Waals surface area (Å²) in [6.07, 6.45) is 7.70. The number of aryl methyl sites for hydroxylation is 2. The molecule has 2 aliphatic heterocycles. The Hall–Kier alpha value is -1.51. The molecule has 1 saturated heterocycles. The lowest BCUT2D eigenvalue weighted by Gasteiger charge is -2.32. The molecule has 4 atom stereocenters. The van der Waals surface area contributed by atoms with Crippen LogP contribution < -0.4 is 5.32 Å². The van der Waals surface area contributed by atoms with E-state index in [9.17, 15) is 0 Å². The van der Waals surface area contributed by atoms with Crippen molar-refractivity contribution in [3.8, 4) is 0 Å². The molecule has 142 valence electrons. The van der Waals surface area contributed by atoms with Gasteiger partial charge in [0.25, 0.3) is 0 Å². The fraction of sp³-hybridized carbons (Fsp3) is 0.440. The Bertz CT molecular complexity index is 790. The Morgan fingerprint density at radius 2 is 1.63 bits per heavy atom. The van der Waals surface area contributed by atoms with E-state index in [0.29, 0.717) is 23.3 Å². The average molecular weight is 378 g/mol. The maximum atomic E-state index is 3.94. The van der Waals surface area contributed by atoms with E-state index in [2.05, 4.69) is 92.5 Å². The maximum Gasteiger partial charge on any atom is 0.0382 e. The summed E-state index contributed by atoms with van der Waals surface area (Å²) in [6, 6.07) is 19.3. The molecule has 1 fully saturated rings. The zero-order valence-corrected chi connectivity index (χ0v) is 17.6. The van der Waals surface area contributed by atoms with Crippen LogP contribution in [0.15, 0.2) is 59.5 Å². The Morgan fingerprint density at radius 3 is 2.30 bits per heavy atom. The van der Waals surface area contributed by atoms with Crippen LogP contribution in [0.5, 0.6) is 0 Å². The van der Waals surface area contributed by atoms with Crippen LogP contribution in [0.4, 0.5) is 0 Å². The molecule has 0 aliphatic carbocycles. The second kappa shape index (κ2) is 8.24. The van der Waals surface area contributed by atoms with Gasteiger partial charge in [-0.1, -0.05) is 73.4 Å². The Balaban J connectivity index is 1.59. The monoisotopic (exact) mass is 377 g/mol. The van der Waals surface area contributed by atoms with Gasteiger partial charge >= 0.3 is 0 Å². The van der Waals surface area contributed by atoms with Crippen LogP contribution in [0, 0.1) is 19.8 Å². The van der Waals surface area contributed by atoms with Gasteiger partial charge in [-0.25, -0.2) is 0 Å². The molecule has 2 heteroatoms. The zero-order valence-electron chi connectivity index (χ0n) is 16.7. The normalized spacial score (nSPS) is 26.9. The number of rotatable bonds is 6. The first kappa shape index (κ1) is 18.8. The highest BCUT2D eigenvalue weighted by Gasteiger charge is 2.42. The van der Waals surface area contributed by atoms with Gasteiger partial charge < -0.3 is 5.32 Å². The van der Waals surface area contributed by atoms with Crippen LogP contribution in [0.25, 0.3) is 5.57 Å². The summed E-state index contributed by atoms with van der Waals surface area (Å²) in [4.78, 5) is 1.40. The lowest BCUT2D eigenvalue weighted by atomic mass is 9.81. The first-order chi connectivity index (χ1) is 13.1. The first-order valence-corrected chi connectivity index (χ1v) is 11.3. The summed E-state index contributed by atoms with van der Waals surface area (Å²) >= 11 is 2.05. The van der Waals surface area contributed by atoms with E-state index in [-0.39, 0.29) is 0 Å². The summed E-state index contributed by atoms with van der Waals surface area (Å²) < 4.78 is 0. The van der Waals surface area contributed by atoms with Crippen LogP contribution in [0.2, 0.25) is 0 Å². The highest BCUT2D eigenvalue weighted by molar-refractivity contribution is 8.00. The van der Waals surface area contributed by atoms with E-state index in [4.69, 9.17) is 0 Å². The quantitative estimate of drug-likeness (QED) is 0.625. The third-order valence-electron chi connectivity index (χ3n) is 6.10. The number of thioether (sulfide) groups is 1. The van der Waals surface area contributed by atoms with Gasteiger partial charge in [0.05, 0.1) is 0 Å². The summed E-state index contributed by atoms with van der Waals surface area (Å²) in [5.74, 6) is 0.646. The van der Waals surface area contributed by atoms with Crippen molar-refractivity contribution >= 4 is 17.3 Å². The first-order valence-electron chi connectivity index (χ1n) is 10.4. The van der Waals surface area contributed by atoms with E-state index < -0.39 is 0 Å². The molecule has 0 saturated carbocycles. The number of benzene rings is 2. The lowest BCUT2D eigenvalue weighted by Crippen LogP contribution is -2.40. The van der Waals surface area contributed by atoms with Gasteiger partial charge in [-0.3, -0.25) is 0 Å². The molecular formula is C25H31NS. The number of hydrogen-bond donors (Lipinski definition) is 1. The van der Waals surface area contributed by atoms with Crippen LogP contribution in [-0.4, -0.2) is 17.3 Å². The molecule has 2 bridgehead atoms. The van der Waals surface area contributed by atoms with Gasteiger partial charge in [0.2, 0.25) is 0 Å². The molecule has 0 unspecified atom stereocenters. The van der Waals surface area contributed by atoms with Crippen LogP contribution in [0.3, 0.4) is 0 Å². The number of nitrogens with one attached hydrogen (secondary N) is 1. The minimum atomic E-state index is 0.482. The average Bonchev–Trinajstić information content (AvgIpc) is 3.00. The van der Waals surface area contributed by atoms with Crippen molar-refractivity contribution in [2.75, 3.05) is 0 Å². The second-order valence-corrected chi connectivity index (χ2v) is 9.55. The lowest BCUT2D eigenvalue weighted by molar-refractivity contribution is 0.413. The van der Waals surface area contributed by atoms with Crippen molar-refractivity contribution in [3.63, 3.8) is 0 Å². The van der Waals surface area contributed by atoms with Crippen LogP contribution >= 0.6 is 11.8 Å². The number of hydrogen-bond acceptors (Lipinski definition) is 2. The molecule has 2 aliphatic rings. The van der Waals surface area contributed by atoms with Crippen LogP contribution in [0.1, 0.15) is 49.3 Å². The Morgan fingerprint density at radius 1 is 0.963 bits per heavy atom. The van der Waals surface area contributed by atoms with E-state index >= 15 is 0 Å². The molecule has 4 rings (SSSR count). The largest absolute Gasteiger partial charge is 0.306 e. The molecule has 0 aromatic heterocycles. The van der Waals surface area contributed by atoms with E-state index in [1.807, 2.05) is 0 Å². The summed E-state index contributed by atoms with van der Waals surface area (Å²) in [6.45, 7) is 6.64. The Kier molecular flexibility index (Phi) is 5.75. The van der Waals surface area contributed by atoms with Gasteiger partial charge in [0.1, 0.15) is 0 Å². The minimum absolute atomic E-state index is 0.482. The number of fused-ring (bicyclic) bond motifs is 2. The summed E-state index contributed by atoms with van der Waals surface area (Å²) in [5, 5.41) is 4.57. The van der Waals surface area contributed by atoms with Crippen LogP contribution in [-0.2, 0) is 0 Å². The molecule has 27 heavy (non-hydrogen) atoms. The van der Waals surface area contributed by atoms with Gasteiger partial charge in [-0.05, 0) is 55.9 Å². The van der Waals surface area contributed by atoms with Crippen molar-refractivity contribution < 1.29 is 0 Å². The predicted molar refractivity (Wildman–Crippen MR) is 118 cm³/mol. The third kappa shape index (κ3) is 4.17. The van der Waals surface area contributed by atoms with E-state index in [1.54, 1.807) is 5.57 Å². The van der Waals surface area contributed by atoms with Crippen molar-refractivity contribution in [1.29, 1.82) is 0 Å². The zero-order chi connectivity index (χ0) is 18.8. The topological polar surface area (TPSA) is 12.0 Å². The fourth-order valence-corrected chi connectivity index (χ4v) is 5.79.